The summed E-state index contributed by atoms with van der Waals surface area (Å²) in [5.74, 6) is -0.00313. The van der Waals surface area contributed by atoms with Gasteiger partial charge in [0.1, 0.15) is 0 Å². The van der Waals surface area contributed by atoms with Gasteiger partial charge in [-0.1, -0.05) is 462 Å². The monoisotopic (exact) mass is 1380 g/mol. The highest BCUT2D eigenvalue weighted by Crippen LogP contribution is 2.21. The summed E-state index contributed by atoms with van der Waals surface area (Å²) < 4.78 is 5.52. The van der Waals surface area contributed by atoms with Crippen LogP contribution in [0.25, 0.3) is 0 Å². The van der Waals surface area contributed by atoms with Crippen LogP contribution in [0.3, 0.4) is 0 Å². The molecule has 0 rings (SSSR count). The van der Waals surface area contributed by atoms with Crippen LogP contribution in [0.5, 0.6) is 0 Å². The van der Waals surface area contributed by atoms with Crippen molar-refractivity contribution in [2.75, 3.05) is 13.2 Å². The van der Waals surface area contributed by atoms with E-state index in [1.165, 1.54) is 456 Å². The van der Waals surface area contributed by atoms with Gasteiger partial charge in [-0.2, -0.15) is 0 Å². The molecule has 3 N–H and O–H groups in total. The van der Waals surface area contributed by atoms with Crippen molar-refractivity contribution in [3.63, 3.8) is 0 Å². The fourth-order valence-electron chi connectivity index (χ4n) is 14.8. The summed E-state index contributed by atoms with van der Waals surface area (Å²) in [6, 6.07) is -0.540. The molecule has 0 fully saturated rings. The van der Waals surface area contributed by atoms with Crippen LogP contribution in [0.2, 0.25) is 0 Å². The zero-order valence-electron chi connectivity index (χ0n) is 67.1. The summed E-state index contributed by atoms with van der Waals surface area (Å²) in [6.45, 7) is 5.02. The number of nitrogens with one attached hydrogen (secondary N) is 1. The summed E-state index contributed by atoms with van der Waals surface area (Å²) in [5, 5.41) is 23.5. The third kappa shape index (κ3) is 83.3. The Morgan fingerprint density at radius 3 is 0.724 bits per heavy atom. The van der Waals surface area contributed by atoms with Gasteiger partial charge in [0.25, 0.3) is 0 Å². The molecular formula is C92H179NO5. The standard InChI is InChI=1S/C92H179NO5/c1-3-5-7-9-11-13-15-17-19-21-23-24-25-43-46-49-52-56-60-64-68-72-76-80-84-90(95)89(88-94)93-91(96)85-81-77-73-69-65-61-57-53-50-47-44-41-39-37-35-33-31-29-27-26-28-30-32-34-36-38-40-42-45-48-51-55-59-63-67-71-75-79-83-87-98-92(97)86-82-78-74-70-66-62-58-54-22-20-18-16-14-12-10-8-6-4-2/h20,22,26-27,89-90,94-95H,3-19,21,23-25,28-88H2,1-2H3,(H,93,96)/b22-20-,27-26-. The van der Waals surface area contributed by atoms with Crippen molar-refractivity contribution < 1.29 is 24.5 Å². The van der Waals surface area contributed by atoms with Gasteiger partial charge in [-0.05, 0) is 77.0 Å². The molecule has 582 valence electrons. The van der Waals surface area contributed by atoms with Crippen molar-refractivity contribution >= 4 is 11.9 Å². The lowest BCUT2D eigenvalue weighted by Gasteiger charge is -2.22. The molecule has 0 saturated carbocycles. The molecule has 6 nitrogen and oxygen atoms in total. The first-order chi connectivity index (χ1) is 48.5. The van der Waals surface area contributed by atoms with Gasteiger partial charge >= 0.3 is 5.97 Å². The van der Waals surface area contributed by atoms with Crippen LogP contribution in [0.1, 0.15) is 528 Å². The highest BCUT2D eigenvalue weighted by molar-refractivity contribution is 5.76. The number of aliphatic hydroxyl groups excluding tert-OH is 2. The summed E-state index contributed by atoms with van der Waals surface area (Å²) in [7, 11) is 0. The predicted molar refractivity (Wildman–Crippen MR) is 435 cm³/mol. The summed E-state index contributed by atoms with van der Waals surface area (Å²) in [6.07, 6.45) is 115. The molecule has 0 saturated heterocycles. The topological polar surface area (TPSA) is 95.9 Å². The Kier molecular flexibility index (Phi) is 86.3. The van der Waals surface area contributed by atoms with Gasteiger partial charge in [0.15, 0.2) is 0 Å². The highest BCUT2D eigenvalue weighted by atomic mass is 16.5. The van der Waals surface area contributed by atoms with E-state index in [0.717, 1.165) is 38.5 Å². The number of hydrogen-bond donors (Lipinski definition) is 3. The van der Waals surface area contributed by atoms with Crippen molar-refractivity contribution in [3.05, 3.63) is 24.3 Å². The lowest BCUT2D eigenvalue weighted by molar-refractivity contribution is -0.143. The van der Waals surface area contributed by atoms with E-state index in [9.17, 15) is 19.8 Å². The number of aliphatic hydroxyl groups is 2. The molecule has 1 amide bonds. The van der Waals surface area contributed by atoms with Crippen molar-refractivity contribution in [3.8, 4) is 0 Å². The SMILES string of the molecule is CCCCCCCCC/C=C\CCCCCCCCCC(=O)OCCCCCCCCCCCCCCCCCCCC/C=C\CCCCCCCCCCCCCCCCCCCC(=O)NC(CO)C(O)CCCCCCCCCCCCCCCCCCCCCCCCCC. The van der Waals surface area contributed by atoms with Gasteiger partial charge in [0.2, 0.25) is 5.91 Å². The minimum Gasteiger partial charge on any atom is -0.466 e. The van der Waals surface area contributed by atoms with E-state index in [-0.39, 0.29) is 18.5 Å². The fraction of sp³-hybridized carbons (Fsp3) is 0.935. The van der Waals surface area contributed by atoms with Crippen LogP contribution in [0.4, 0.5) is 0 Å². The second-order valence-electron chi connectivity index (χ2n) is 31.6. The second-order valence-corrected chi connectivity index (χ2v) is 31.6. The Labute approximate surface area is 615 Å². The predicted octanol–water partition coefficient (Wildman–Crippen LogP) is 30.7. The van der Waals surface area contributed by atoms with Crippen LogP contribution >= 0.6 is 0 Å². The molecule has 6 heteroatoms. The molecule has 0 aromatic rings. The van der Waals surface area contributed by atoms with Gasteiger partial charge in [-0.3, -0.25) is 9.59 Å². The molecule has 0 aliphatic rings. The van der Waals surface area contributed by atoms with E-state index in [4.69, 9.17) is 4.74 Å². The Bertz CT molecular complexity index is 1550. The third-order valence-electron chi connectivity index (χ3n) is 21.7. The molecule has 2 atom stereocenters. The highest BCUT2D eigenvalue weighted by Gasteiger charge is 2.20. The molecule has 0 aromatic heterocycles. The fourth-order valence-corrected chi connectivity index (χ4v) is 14.8. The second kappa shape index (κ2) is 87.7. The van der Waals surface area contributed by atoms with E-state index in [1.807, 2.05) is 0 Å². The number of allylic oxidation sites excluding steroid dienone is 4. The van der Waals surface area contributed by atoms with Gasteiger partial charge < -0.3 is 20.3 Å². The number of carbonyl (C=O) groups is 2. The molecule has 0 bridgehead atoms. The Hall–Kier alpha value is -1.66. The number of unbranched alkanes of at least 4 members (excludes halogenated alkanes) is 72. The van der Waals surface area contributed by atoms with Gasteiger partial charge in [-0.25, -0.2) is 0 Å². The van der Waals surface area contributed by atoms with Crippen LogP contribution in [0.15, 0.2) is 24.3 Å². The van der Waals surface area contributed by atoms with Crippen molar-refractivity contribution in [2.45, 2.75) is 540 Å². The largest absolute Gasteiger partial charge is 0.466 e. The molecule has 98 heavy (non-hydrogen) atoms. The lowest BCUT2D eigenvalue weighted by Crippen LogP contribution is -2.45. The Morgan fingerprint density at radius 2 is 0.480 bits per heavy atom. The summed E-state index contributed by atoms with van der Waals surface area (Å²) in [5.41, 5.74) is 0. The third-order valence-corrected chi connectivity index (χ3v) is 21.7. The number of ether oxygens (including phenoxy) is 1. The molecule has 0 heterocycles. The van der Waals surface area contributed by atoms with Gasteiger partial charge in [-0.15, -0.1) is 0 Å². The van der Waals surface area contributed by atoms with Crippen LogP contribution in [-0.4, -0.2) is 47.4 Å². The maximum absolute atomic E-state index is 12.6. The average molecular weight is 1380 g/mol. The summed E-state index contributed by atoms with van der Waals surface area (Å²) in [4.78, 5) is 24.7. The smallest absolute Gasteiger partial charge is 0.305 e. The van der Waals surface area contributed by atoms with Crippen LogP contribution in [0, 0.1) is 0 Å². The van der Waals surface area contributed by atoms with E-state index in [0.29, 0.717) is 25.9 Å². The van der Waals surface area contributed by atoms with Gasteiger partial charge in [0, 0.05) is 12.8 Å². The first-order valence-electron chi connectivity index (χ1n) is 45.6. The van der Waals surface area contributed by atoms with Crippen molar-refractivity contribution in [1.29, 1.82) is 0 Å². The maximum Gasteiger partial charge on any atom is 0.305 e. The van der Waals surface area contributed by atoms with Crippen LogP contribution in [-0.2, 0) is 14.3 Å². The minimum absolute atomic E-state index is 0.0209. The lowest BCUT2D eigenvalue weighted by atomic mass is 10.0. The zero-order valence-corrected chi connectivity index (χ0v) is 67.1. The Balaban J connectivity index is 3.32. The van der Waals surface area contributed by atoms with Crippen LogP contribution < -0.4 is 5.32 Å². The molecule has 2 unspecified atom stereocenters. The first kappa shape index (κ1) is 96.3. The molecule has 0 aliphatic heterocycles. The maximum atomic E-state index is 12.6. The molecular weight excluding hydrogens is 1200 g/mol. The van der Waals surface area contributed by atoms with Crippen molar-refractivity contribution in [2.24, 2.45) is 0 Å². The molecule has 0 aliphatic carbocycles. The molecule has 0 aromatic carbocycles. The molecule has 0 spiro atoms. The zero-order chi connectivity index (χ0) is 70.5. The number of amides is 1. The quantitative estimate of drug-likeness (QED) is 0.0320. The van der Waals surface area contributed by atoms with E-state index in [1.54, 1.807) is 0 Å². The molecule has 0 radical (unpaired) electrons. The normalized spacial score (nSPS) is 12.5. The number of esters is 1. The number of hydrogen-bond acceptors (Lipinski definition) is 5. The first-order valence-corrected chi connectivity index (χ1v) is 45.6. The number of rotatable bonds is 87. The van der Waals surface area contributed by atoms with E-state index >= 15 is 0 Å². The average Bonchev–Trinajstić information content (AvgIpc) is 1.88. The van der Waals surface area contributed by atoms with Gasteiger partial charge in [0.05, 0.1) is 25.4 Å². The van der Waals surface area contributed by atoms with Crippen molar-refractivity contribution in [1.82, 2.24) is 5.32 Å². The minimum atomic E-state index is -0.663. The summed E-state index contributed by atoms with van der Waals surface area (Å²) >= 11 is 0. The van der Waals surface area contributed by atoms with E-state index < -0.39 is 12.1 Å². The Morgan fingerprint density at radius 1 is 0.276 bits per heavy atom. The van der Waals surface area contributed by atoms with E-state index in [2.05, 4.69) is 43.5 Å². The number of carbonyl (C=O) groups excluding carboxylic acids is 2.